The summed E-state index contributed by atoms with van der Waals surface area (Å²) in [4.78, 5) is 13.3. The minimum Gasteiger partial charge on any atom is -0.424 e. The molecule has 9 atom stereocenters. The molecule has 1 aromatic carbocycles. The van der Waals surface area contributed by atoms with Crippen LogP contribution in [0.2, 0.25) is 0 Å². The molecule has 0 heterocycles. The van der Waals surface area contributed by atoms with E-state index >= 15 is 0 Å². The smallest absolute Gasteiger partial charge is 0.314 e. The van der Waals surface area contributed by atoms with E-state index in [-0.39, 0.29) is 11.9 Å². The van der Waals surface area contributed by atoms with Crippen molar-refractivity contribution in [3.8, 4) is 5.75 Å². The van der Waals surface area contributed by atoms with E-state index in [4.69, 9.17) is 10.5 Å². The van der Waals surface area contributed by atoms with Crippen LogP contribution in [-0.2, 0) is 4.79 Å². The Balaban J connectivity index is 1.23. The van der Waals surface area contributed by atoms with Gasteiger partial charge in [-0.2, -0.15) is 0 Å². The number of carbonyl (C=O) groups excluding carboxylic acids is 1. The highest BCUT2D eigenvalue weighted by Gasteiger charge is 2.60. The highest BCUT2D eigenvalue weighted by Crippen LogP contribution is 2.68. The molecule has 5 rings (SSSR count). The first-order valence-corrected chi connectivity index (χ1v) is 16.4. The summed E-state index contributed by atoms with van der Waals surface area (Å²) >= 11 is 0. The molecule has 1 aromatic rings. The fraction of sp³-hybridized carbons (Fsp3) is 0.800. The quantitative estimate of drug-likeness (QED) is 0.198. The lowest BCUT2D eigenvalue weighted by Crippen LogP contribution is -2.54. The number of nitrogens with two attached hydrogens (primary N) is 1. The van der Waals surface area contributed by atoms with Crippen molar-refractivity contribution in [3.05, 3.63) is 18.2 Å². The number of anilines is 2. The SMILES string of the molecule is CNc1cc(N)ccc1OC(=O)C1CCC2(C)C(CCC3C2CCC2(C)C(C(C)CCCC(C)C)CCC32)C1. The van der Waals surface area contributed by atoms with Crippen molar-refractivity contribution in [1.29, 1.82) is 0 Å². The third kappa shape index (κ3) is 5.35. The summed E-state index contributed by atoms with van der Waals surface area (Å²) in [5.74, 6) is 6.47. The Labute approximate surface area is 238 Å². The zero-order chi connectivity index (χ0) is 27.9. The number of nitrogens with one attached hydrogen (secondary N) is 1. The van der Waals surface area contributed by atoms with Gasteiger partial charge in [0.15, 0.2) is 5.75 Å². The molecule has 4 nitrogen and oxygen atoms in total. The number of hydrogen-bond acceptors (Lipinski definition) is 4. The first kappa shape index (κ1) is 28.8. The van der Waals surface area contributed by atoms with Crippen LogP contribution in [0.25, 0.3) is 0 Å². The Bertz CT molecular complexity index is 1020. The molecule has 0 aliphatic heterocycles. The van der Waals surface area contributed by atoms with Crippen LogP contribution in [-0.4, -0.2) is 13.0 Å². The average molecular weight is 537 g/mol. The summed E-state index contributed by atoms with van der Waals surface area (Å²) < 4.78 is 5.94. The Morgan fingerprint density at radius 1 is 1.00 bits per heavy atom. The molecule has 39 heavy (non-hydrogen) atoms. The van der Waals surface area contributed by atoms with Crippen LogP contribution in [0.15, 0.2) is 18.2 Å². The molecule has 0 spiro atoms. The molecule has 4 fully saturated rings. The van der Waals surface area contributed by atoms with Crippen LogP contribution in [0, 0.1) is 58.2 Å². The molecular formula is C35H56N2O2. The lowest BCUT2D eigenvalue weighted by Gasteiger charge is -2.61. The molecule has 0 saturated heterocycles. The largest absolute Gasteiger partial charge is 0.424 e. The summed E-state index contributed by atoms with van der Waals surface area (Å²) in [5, 5.41) is 3.12. The lowest BCUT2D eigenvalue weighted by atomic mass is 9.44. The monoisotopic (exact) mass is 536 g/mol. The van der Waals surface area contributed by atoms with E-state index in [1.54, 1.807) is 6.07 Å². The van der Waals surface area contributed by atoms with Crippen LogP contribution >= 0.6 is 0 Å². The van der Waals surface area contributed by atoms with E-state index in [0.717, 1.165) is 54.0 Å². The van der Waals surface area contributed by atoms with Crippen LogP contribution in [0.1, 0.15) is 112 Å². The van der Waals surface area contributed by atoms with E-state index in [9.17, 15) is 4.79 Å². The van der Waals surface area contributed by atoms with Gasteiger partial charge in [0, 0.05) is 12.7 Å². The normalized spacial score (nSPS) is 38.4. The number of ether oxygens (including phenoxy) is 1. The Morgan fingerprint density at radius 2 is 1.74 bits per heavy atom. The van der Waals surface area contributed by atoms with Gasteiger partial charge in [-0.25, -0.2) is 0 Å². The number of benzene rings is 1. The lowest BCUT2D eigenvalue weighted by molar-refractivity contribution is -0.150. The van der Waals surface area contributed by atoms with Crippen molar-refractivity contribution in [2.45, 2.75) is 112 Å². The average Bonchev–Trinajstić information content (AvgIpc) is 3.26. The molecule has 4 aliphatic rings. The summed E-state index contributed by atoms with van der Waals surface area (Å²) in [6.45, 7) is 12.6. The molecule has 3 N–H and O–H groups in total. The molecular weight excluding hydrogens is 480 g/mol. The van der Waals surface area contributed by atoms with E-state index in [1.165, 1.54) is 64.2 Å². The van der Waals surface area contributed by atoms with Crippen molar-refractivity contribution < 1.29 is 9.53 Å². The number of esters is 1. The van der Waals surface area contributed by atoms with Crippen LogP contribution in [0.3, 0.4) is 0 Å². The number of carbonyl (C=O) groups is 1. The van der Waals surface area contributed by atoms with Crippen LogP contribution in [0.5, 0.6) is 5.75 Å². The first-order chi connectivity index (χ1) is 18.6. The first-order valence-electron chi connectivity index (χ1n) is 16.4. The van der Waals surface area contributed by atoms with E-state index in [1.807, 2.05) is 19.2 Å². The van der Waals surface area contributed by atoms with Crippen molar-refractivity contribution in [2.75, 3.05) is 18.1 Å². The van der Waals surface area contributed by atoms with Gasteiger partial charge in [-0.1, -0.05) is 53.9 Å². The number of fused-ring (bicyclic) bond motifs is 5. The fourth-order valence-electron chi connectivity index (χ4n) is 10.5. The maximum absolute atomic E-state index is 13.3. The van der Waals surface area contributed by atoms with Gasteiger partial charge in [0.2, 0.25) is 0 Å². The fourth-order valence-corrected chi connectivity index (χ4v) is 10.5. The summed E-state index contributed by atoms with van der Waals surface area (Å²) in [6, 6.07) is 5.45. The van der Waals surface area contributed by atoms with Gasteiger partial charge in [-0.3, -0.25) is 4.79 Å². The van der Waals surface area contributed by atoms with E-state index < -0.39 is 0 Å². The predicted octanol–water partition coefficient (Wildman–Crippen LogP) is 8.95. The predicted molar refractivity (Wildman–Crippen MR) is 163 cm³/mol. The molecule has 9 unspecified atom stereocenters. The zero-order valence-electron chi connectivity index (χ0n) is 25.7. The molecule has 0 amide bonds. The highest BCUT2D eigenvalue weighted by atomic mass is 16.5. The maximum atomic E-state index is 13.3. The Kier molecular flexibility index (Phi) is 8.33. The van der Waals surface area contributed by atoms with E-state index in [2.05, 4.69) is 39.9 Å². The molecule has 218 valence electrons. The zero-order valence-corrected chi connectivity index (χ0v) is 25.7. The molecule has 4 aliphatic carbocycles. The Morgan fingerprint density at radius 3 is 2.49 bits per heavy atom. The van der Waals surface area contributed by atoms with Gasteiger partial charge >= 0.3 is 5.97 Å². The van der Waals surface area contributed by atoms with Gasteiger partial charge in [0.05, 0.1) is 11.6 Å². The molecule has 0 radical (unpaired) electrons. The second-order valence-corrected chi connectivity index (χ2v) is 15.1. The van der Waals surface area contributed by atoms with Crippen LogP contribution < -0.4 is 15.8 Å². The standard InChI is InChI=1S/C35H56N2O2/c1-22(2)8-7-9-23(3)28-13-14-29-27-12-10-25-20-24(16-18-34(25,4)30(27)17-19-35(28,29)5)33(38)39-32-15-11-26(36)21-31(32)37-6/h11,15,21-25,27-30,37H,7-10,12-14,16-20,36H2,1-6H3. The highest BCUT2D eigenvalue weighted by molar-refractivity contribution is 5.78. The second-order valence-electron chi connectivity index (χ2n) is 15.1. The number of rotatable bonds is 8. The third-order valence-electron chi connectivity index (χ3n) is 12.7. The maximum Gasteiger partial charge on any atom is 0.314 e. The van der Waals surface area contributed by atoms with Crippen molar-refractivity contribution in [3.63, 3.8) is 0 Å². The van der Waals surface area contributed by atoms with Gasteiger partial charge in [0.1, 0.15) is 0 Å². The molecule has 0 aromatic heterocycles. The van der Waals surface area contributed by atoms with Crippen molar-refractivity contribution >= 4 is 17.3 Å². The third-order valence-corrected chi connectivity index (χ3v) is 12.7. The van der Waals surface area contributed by atoms with Crippen LogP contribution in [0.4, 0.5) is 11.4 Å². The molecule has 4 saturated carbocycles. The van der Waals surface area contributed by atoms with Crippen molar-refractivity contribution in [1.82, 2.24) is 0 Å². The number of nitrogen functional groups attached to an aromatic ring is 1. The van der Waals surface area contributed by atoms with Crippen molar-refractivity contribution in [2.24, 2.45) is 58.2 Å². The minimum atomic E-state index is -0.0539. The topological polar surface area (TPSA) is 64.3 Å². The second kappa shape index (κ2) is 11.3. The minimum absolute atomic E-state index is 0.0123. The molecule has 4 heteroatoms. The number of hydrogen-bond donors (Lipinski definition) is 2. The summed E-state index contributed by atoms with van der Waals surface area (Å²) in [7, 11) is 1.84. The summed E-state index contributed by atoms with van der Waals surface area (Å²) in [6.07, 6.45) is 15.8. The van der Waals surface area contributed by atoms with Gasteiger partial charge in [0.25, 0.3) is 0 Å². The van der Waals surface area contributed by atoms with Gasteiger partial charge < -0.3 is 15.8 Å². The van der Waals surface area contributed by atoms with Gasteiger partial charge in [-0.05, 0) is 128 Å². The molecule has 0 bridgehead atoms. The Hall–Kier alpha value is -1.71. The van der Waals surface area contributed by atoms with Gasteiger partial charge in [-0.15, -0.1) is 0 Å². The summed E-state index contributed by atoms with van der Waals surface area (Å²) in [5.41, 5.74) is 8.31. The van der Waals surface area contributed by atoms with E-state index in [0.29, 0.717) is 28.2 Å².